The minimum absolute atomic E-state index is 0.715. The SMILES string of the molecule is CP(C)(=O)CCN1CCN(CCP(C)(C)=O)CCN(CCP(C)(C)=O)CCN(CCP(C)(C)=O)CC1. The molecule has 1 aliphatic rings. The number of nitrogens with zero attached hydrogens (tertiary/aromatic N) is 4. The van der Waals surface area contributed by atoms with Crippen molar-refractivity contribution in [2.75, 3.05) is 157 Å². The molecule has 0 amide bonds. The van der Waals surface area contributed by atoms with E-state index in [0.717, 1.165) is 78.5 Å². The summed E-state index contributed by atoms with van der Waals surface area (Å²) in [6.45, 7) is 25.3. The summed E-state index contributed by atoms with van der Waals surface area (Å²) in [5.41, 5.74) is 0. The first-order valence-electron chi connectivity index (χ1n) is 13.4. The summed E-state index contributed by atoms with van der Waals surface area (Å²) in [5.74, 6) is 0. The van der Waals surface area contributed by atoms with E-state index < -0.39 is 28.6 Å². The molecule has 1 aliphatic heterocycles. The molecule has 0 saturated carbocycles. The van der Waals surface area contributed by atoms with E-state index in [1.54, 1.807) is 0 Å². The molecule has 0 aromatic carbocycles. The molecule has 0 atom stereocenters. The second kappa shape index (κ2) is 15.5. The Kier molecular flexibility index (Phi) is 15.0. The van der Waals surface area contributed by atoms with Crippen molar-refractivity contribution in [1.29, 1.82) is 0 Å². The third-order valence-corrected chi connectivity index (χ3v) is 11.9. The molecule has 0 radical (unpaired) electrons. The van der Waals surface area contributed by atoms with E-state index in [0.29, 0.717) is 24.6 Å². The molecule has 0 bridgehead atoms. The van der Waals surface area contributed by atoms with Crippen molar-refractivity contribution in [3.8, 4) is 0 Å². The van der Waals surface area contributed by atoms with Crippen LogP contribution in [0.5, 0.6) is 0 Å². The van der Waals surface area contributed by atoms with E-state index in [9.17, 15) is 18.3 Å². The molecule has 216 valence electrons. The standard InChI is InChI=1S/C24H56N4O4P4/c1-33(2,29)21-17-25-9-11-26(18-22-34(3,4)30)13-15-28(20-24-36(7,8)32)16-14-27(12-10-25)19-23-35(5,6)31/h9-24H2,1-8H3. The van der Waals surface area contributed by atoms with Crippen molar-refractivity contribution in [2.45, 2.75) is 0 Å². The predicted molar refractivity (Wildman–Crippen MR) is 163 cm³/mol. The van der Waals surface area contributed by atoms with Gasteiger partial charge in [-0.15, -0.1) is 0 Å². The maximum atomic E-state index is 12.4. The Morgan fingerprint density at radius 1 is 0.361 bits per heavy atom. The van der Waals surface area contributed by atoms with Gasteiger partial charge in [0.05, 0.1) is 28.6 Å². The average Bonchev–Trinajstić information content (AvgIpc) is 2.68. The molecule has 1 saturated heterocycles. The number of rotatable bonds is 12. The van der Waals surface area contributed by atoms with Crippen molar-refractivity contribution in [3.05, 3.63) is 0 Å². The lowest BCUT2D eigenvalue weighted by molar-refractivity contribution is 0.143. The largest absolute Gasteiger partial charge is 0.324 e. The predicted octanol–water partition coefficient (Wildman–Crippen LogP) is 3.70. The molecule has 0 unspecified atom stereocenters. The summed E-state index contributed by atoms with van der Waals surface area (Å²) in [5, 5.41) is 0. The van der Waals surface area contributed by atoms with Crippen molar-refractivity contribution in [3.63, 3.8) is 0 Å². The Bertz CT molecular complexity index is 680. The lowest BCUT2D eigenvalue weighted by Crippen LogP contribution is -2.47. The molecule has 8 nitrogen and oxygen atoms in total. The van der Waals surface area contributed by atoms with Crippen molar-refractivity contribution >= 4 is 28.6 Å². The third kappa shape index (κ3) is 19.8. The van der Waals surface area contributed by atoms with Crippen LogP contribution in [0.1, 0.15) is 0 Å². The fourth-order valence-corrected chi connectivity index (χ4v) is 7.06. The fourth-order valence-electron chi connectivity index (χ4n) is 4.00. The van der Waals surface area contributed by atoms with Crippen molar-refractivity contribution < 1.29 is 18.3 Å². The van der Waals surface area contributed by atoms with Crippen LogP contribution in [0, 0.1) is 0 Å². The summed E-state index contributed by atoms with van der Waals surface area (Å²) in [7, 11) is -8.38. The highest BCUT2D eigenvalue weighted by Crippen LogP contribution is 2.37. The molecule has 12 heteroatoms. The van der Waals surface area contributed by atoms with Crippen LogP contribution in [0.25, 0.3) is 0 Å². The van der Waals surface area contributed by atoms with Crippen LogP contribution >= 0.6 is 28.6 Å². The molecular formula is C24H56N4O4P4. The van der Waals surface area contributed by atoms with E-state index in [1.165, 1.54) is 0 Å². The Morgan fingerprint density at radius 2 is 0.500 bits per heavy atom. The monoisotopic (exact) mass is 588 g/mol. The van der Waals surface area contributed by atoms with Crippen LogP contribution in [-0.4, -0.2) is 176 Å². The van der Waals surface area contributed by atoms with Gasteiger partial charge in [0.2, 0.25) is 0 Å². The second-order valence-corrected chi connectivity index (χ2v) is 26.9. The highest BCUT2D eigenvalue weighted by molar-refractivity contribution is 7.63. The summed E-state index contributed by atoms with van der Waals surface area (Å²) in [6, 6.07) is 0. The van der Waals surface area contributed by atoms with Gasteiger partial charge in [0.25, 0.3) is 0 Å². The molecule has 0 spiro atoms. The molecule has 1 rings (SSSR count). The van der Waals surface area contributed by atoms with Crippen LogP contribution in [-0.2, 0) is 18.3 Å². The van der Waals surface area contributed by atoms with Gasteiger partial charge in [0.1, 0.15) is 0 Å². The van der Waals surface area contributed by atoms with Crippen LogP contribution in [0.15, 0.2) is 0 Å². The molecule has 0 aromatic heterocycles. The average molecular weight is 589 g/mol. The zero-order valence-electron chi connectivity index (χ0n) is 24.5. The Hall–Kier alpha value is 0.760. The molecule has 0 N–H and O–H groups in total. The summed E-state index contributed by atoms with van der Waals surface area (Å²) in [4.78, 5) is 9.72. The van der Waals surface area contributed by atoms with E-state index in [1.807, 2.05) is 53.3 Å². The molecule has 0 aromatic rings. The molecule has 1 fully saturated rings. The van der Waals surface area contributed by atoms with Gasteiger partial charge >= 0.3 is 0 Å². The number of hydrogen-bond donors (Lipinski definition) is 0. The first-order chi connectivity index (χ1) is 16.3. The lowest BCUT2D eigenvalue weighted by Gasteiger charge is -2.35. The van der Waals surface area contributed by atoms with E-state index in [2.05, 4.69) is 19.6 Å². The third-order valence-electron chi connectivity index (χ3n) is 6.75. The van der Waals surface area contributed by atoms with Crippen LogP contribution < -0.4 is 0 Å². The zero-order valence-corrected chi connectivity index (χ0v) is 28.1. The van der Waals surface area contributed by atoms with Crippen molar-refractivity contribution in [1.82, 2.24) is 19.6 Å². The normalized spacial score (nSPS) is 20.2. The van der Waals surface area contributed by atoms with E-state index in [-0.39, 0.29) is 0 Å². The van der Waals surface area contributed by atoms with E-state index >= 15 is 0 Å². The van der Waals surface area contributed by atoms with Gasteiger partial charge in [-0.3, -0.25) is 0 Å². The van der Waals surface area contributed by atoms with Gasteiger partial charge in [-0.25, -0.2) is 0 Å². The van der Waals surface area contributed by atoms with Crippen LogP contribution in [0.4, 0.5) is 0 Å². The van der Waals surface area contributed by atoms with Crippen LogP contribution in [0.2, 0.25) is 0 Å². The minimum atomic E-state index is -2.09. The summed E-state index contributed by atoms with van der Waals surface area (Å²) < 4.78 is 49.7. The van der Waals surface area contributed by atoms with E-state index in [4.69, 9.17) is 0 Å². The van der Waals surface area contributed by atoms with Crippen molar-refractivity contribution in [2.24, 2.45) is 0 Å². The van der Waals surface area contributed by atoms with Gasteiger partial charge in [-0.05, 0) is 53.3 Å². The minimum Gasteiger partial charge on any atom is -0.324 e. The maximum absolute atomic E-state index is 12.4. The quantitative estimate of drug-likeness (QED) is 0.320. The lowest BCUT2D eigenvalue weighted by atomic mass is 10.3. The molecular weight excluding hydrogens is 532 g/mol. The highest BCUT2D eigenvalue weighted by atomic mass is 31.2. The smallest absolute Gasteiger partial charge is 0.0831 e. The molecule has 1 heterocycles. The van der Waals surface area contributed by atoms with Gasteiger partial charge < -0.3 is 37.9 Å². The Morgan fingerprint density at radius 3 is 0.611 bits per heavy atom. The number of hydrogen-bond acceptors (Lipinski definition) is 8. The first-order valence-corrected chi connectivity index (χ1v) is 24.5. The summed E-state index contributed by atoms with van der Waals surface area (Å²) >= 11 is 0. The van der Waals surface area contributed by atoms with Gasteiger partial charge in [-0.2, -0.15) is 0 Å². The first kappa shape index (κ1) is 34.8. The molecule has 36 heavy (non-hydrogen) atoms. The maximum Gasteiger partial charge on any atom is 0.0831 e. The zero-order chi connectivity index (χ0) is 27.6. The Balaban J connectivity index is 3.03. The van der Waals surface area contributed by atoms with Gasteiger partial charge in [0.15, 0.2) is 0 Å². The highest BCUT2D eigenvalue weighted by Gasteiger charge is 2.21. The topological polar surface area (TPSA) is 81.2 Å². The Labute approximate surface area is 222 Å². The van der Waals surface area contributed by atoms with Crippen LogP contribution in [0.3, 0.4) is 0 Å². The molecule has 0 aliphatic carbocycles. The second-order valence-electron chi connectivity index (χ2n) is 12.6. The van der Waals surface area contributed by atoms with Gasteiger partial charge in [-0.1, -0.05) is 0 Å². The summed E-state index contributed by atoms with van der Waals surface area (Å²) in [6.07, 6.45) is 2.86. The fraction of sp³-hybridized carbons (Fsp3) is 1.00. The van der Waals surface area contributed by atoms with Gasteiger partial charge in [0, 0.05) is 103 Å².